The molecule has 1 aromatic carbocycles. The monoisotopic (exact) mass is 274 g/mol. The molecule has 1 unspecified atom stereocenters. The number of ether oxygens (including phenoxy) is 1. The summed E-state index contributed by atoms with van der Waals surface area (Å²) >= 11 is 0. The summed E-state index contributed by atoms with van der Waals surface area (Å²) in [6.45, 7) is 10.7. The molecule has 3 heteroatoms. The van der Waals surface area contributed by atoms with E-state index in [1.165, 1.54) is 6.42 Å². The second-order valence-corrected chi connectivity index (χ2v) is 5.22. The molecule has 20 heavy (non-hydrogen) atoms. The Morgan fingerprint density at radius 1 is 1.30 bits per heavy atom. The first-order valence-corrected chi connectivity index (χ1v) is 7.55. The van der Waals surface area contributed by atoms with Crippen LogP contribution in [0.2, 0.25) is 0 Å². The summed E-state index contributed by atoms with van der Waals surface area (Å²) in [6, 6.07) is 9.56. The van der Waals surface area contributed by atoms with Crippen molar-refractivity contribution in [3.63, 3.8) is 0 Å². The Bertz CT molecular complexity index is 425. The maximum absolute atomic E-state index is 8.99. The van der Waals surface area contributed by atoms with Gasteiger partial charge in [0.05, 0.1) is 12.2 Å². The molecular weight excluding hydrogens is 248 g/mol. The molecule has 1 rings (SSSR count). The quantitative estimate of drug-likeness (QED) is 0.644. The van der Waals surface area contributed by atoms with Crippen LogP contribution in [0.15, 0.2) is 24.3 Å². The van der Waals surface area contributed by atoms with Crippen molar-refractivity contribution in [2.45, 2.75) is 33.6 Å². The highest BCUT2D eigenvalue weighted by atomic mass is 16.5. The molecule has 0 aliphatic rings. The van der Waals surface area contributed by atoms with Gasteiger partial charge in [-0.15, -0.1) is 0 Å². The number of benzene rings is 1. The Morgan fingerprint density at radius 2 is 2.05 bits per heavy atom. The molecule has 0 saturated carbocycles. The van der Waals surface area contributed by atoms with E-state index in [1.54, 1.807) is 6.07 Å². The van der Waals surface area contributed by atoms with Crippen molar-refractivity contribution < 1.29 is 4.74 Å². The lowest BCUT2D eigenvalue weighted by molar-refractivity contribution is 0.217. The largest absolute Gasteiger partial charge is 0.492 e. The molecule has 0 N–H and O–H groups in total. The van der Waals surface area contributed by atoms with E-state index in [9.17, 15) is 0 Å². The van der Waals surface area contributed by atoms with Gasteiger partial charge in [0.2, 0.25) is 0 Å². The van der Waals surface area contributed by atoms with Crippen molar-refractivity contribution in [1.29, 1.82) is 5.26 Å². The summed E-state index contributed by atoms with van der Waals surface area (Å²) in [5.41, 5.74) is 0.611. The molecule has 0 fully saturated rings. The lowest BCUT2D eigenvalue weighted by Crippen LogP contribution is -2.30. The third-order valence-electron chi connectivity index (χ3n) is 3.60. The highest BCUT2D eigenvalue weighted by Gasteiger charge is 2.07. The molecule has 0 aliphatic carbocycles. The van der Waals surface area contributed by atoms with Crippen molar-refractivity contribution in [3.05, 3.63) is 29.8 Å². The van der Waals surface area contributed by atoms with Gasteiger partial charge in [-0.2, -0.15) is 5.26 Å². The van der Waals surface area contributed by atoms with Crippen LogP contribution in [0.3, 0.4) is 0 Å². The van der Waals surface area contributed by atoms with E-state index in [-0.39, 0.29) is 0 Å². The molecule has 0 spiro atoms. The molecule has 0 amide bonds. The Labute approximate surface area is 123 Å². The summed E-state index contributed by atoms with van der Waals surface area (Å²) in [4.78, 5) is 2.47. The molecule has 0 heterocycles. The molecule has 1 aromatic rings. The Balaban J connectivity index is 2.32. The first kappa shape index (κ1) is 16.5. The summed E-state index contributed by atoms with van der Waals surface area (Å²) in [5, 5.41) is 8.99. The number of rotatable bonds is 9. The molecule has 110 valence electrons. The third kappa shape index (κ3) is 5.63. The van der Waals surface area contributed by atoms with Crippen LogP contribution in [0.1, 0.15) is 39.2 Å². The SMILES string of the molecule is CCC(C)CN(CC)CCCOc1ccccc1C#N. The van der Waals surface area contributed by atoms with Crippen LogP contribution in [-0.4, -0.2) is 31.1 Å². The van der Waals surface area contributed by atoms with E-state index in [1.807, 2.05) is 18.2 Å². The fraction of sp³-hybridized carbons (Fsp3) is 0.588. The maximum atomic E-state index is 8.99. The minimum atomic E-state index is 0.611. The second kappa shape index (κ2) is 9.39. The van der Waals surface area contributed by atoms with Gasteiger partial charge >= 0.3 is 0 Å². The van der Waals surface area contributed by atoms with Crippen molar-refractivity contribution >= 4 is 0 Å². The summed E-state index contributed by atoms with van der Waals surface area (Å²) < 4.78 is 5.71. The number of hydrogen-bond donors (Lipinski definition) is 0. The Hall–Kier alpha value is -1.53. The van der Waals surface area contributed by atoms with E-state index in [0.717, 1.165) is 32.0 Å². The Kier molecular flexibility index (Phi) is 7.75. The average molecular weight is 274 g/mol. The van der Waals surface area contributed by atoms with Gasteiger partial charge < -0.3 is 9.64 Å². The van der Waals surface area contributed by atoms with Crippen LogP contribution in [0.25, 0.3) is 0 Å². The minimum Gasteiger partial charge on any atom is -0.492 e. The number of nitriles is 1. The molecule has 0 aliphatic heterocycles. The van der Waals surface area contributed by atoms with Crippen LogP contribution < -0.4 is 4.74 Å². The van der Waals surface area contributed by atoms with E-state index in [0.29, 0.717) is 17.9 Å². The first-order chi connectivity index (χ1) is 9.71. The minimum absolute atomic E-state index is 0.611. The standard InChI is InChI=1S/C17H26N2O/c1-4-15(3)14-19(5-2)11-8-12-20-17-10-7-6-9-16(17)13-18/h6-7,9-10,15H,4-5,8,11-12,14H2,1-3H3. The summed E-state index contributed by atoms with van der Waals surface area (Å²) in [5.74, 6) is 1.44. The second-order valence-electron chi connectivity index (χ2n) is 5.22. The molecule has 1 atom stereocenters. The van der Waals surface area contributed by atoms with E-state index >= 15 is 0 Å². The highest BCUT2D eigenvalue weighted by molar-refractivity contribution is 5.42. The van der Waals surface area contributed by atoms with Crippen LogP contribution >= 0.6 is 0 Å². The number of para-hydroxylation sites is 1. The van der Waals surface area contributed by atoms with Crippen LogP contribution in [0, 0.1) is 17.2 Å². The molecule has 3 nitrogen and oxygen atoms in total. The zero-order chi connectivity index (χ0) is 14.8. The first-order valence-electron chi connectivity index (χ1n) is 7.55. The zero-order valence-electron chi connectivity index (χ0n) is 12.9. The van der Waals surface area contributed by atoms with E-state index < -0.39 is 0 Å². The van der Waals surface area contributed by atoms with Gasteiger partial charge in [0, 0.05) is 13.1 Å². The van der Waals surface area contributed by atoms with Crippen molar-refractivity contribution in [2.24, 2.45) is 5.92 Å². The fourth-order valence-electron chi connectivity index (χ4n) is 2.10. The number of nitrogens with zero attached hydrogens (tertiary/aromatic N) is 2. The van der Waals surface area contributed by atoms with Crippen molar-refractivity contribution in [1.82, 2.24) is 4.90 Å². The molecular formula is C17H26N2O. The molecule has 0 saturated heterocycles. The van der Waals surface area contributed by atoms with Crippen LogP contribution in [-0.2, 0) is 0 Å². The lowest BCUT2D eigenvalue weighted by Gasteiger charge is -2.23. The predicted octanol–water partition coefficient (Wildman–Crippen LogP) is 3.70. The maximum Gasteiger partial charge on any atom is 0.137 e. The van der Waals surface area contributed by atoms with E-state index in [4.69, 9.17) is 10.00 Å². The van der Waals surface area contributed by atoms with Crippen molar-refractivity contribution in [3.8, 4) is 11.8 Å². The van der Waals surface area contributed by atoms with Gasteiger partial charge in [-0.25, -0.2) is 0 Å². The normalized spacial score (nSPS) is 12.2. The smallest absolute Gasteiger partial charge is 0.137 e. The molecule has 0 aromatic heterocycles. The van der Waals surface area contributed by atoms with Gasteiger partial charge in [0.15, 0.2) is 0 Å². The zero-order valence-corrected chi connectivity index (χ0v) is 12.9. The van der Waals surface area contributed by atoms with Gasteiger partial charge in [0.1, 0.15) is 11.8 Å². The van der Waals surface area contributed by atoms with Gasteiger partial charge in [-0.3, -0.25) is 0 Å². The summed E-state index contributed by atoms with van der Waals surface area (Å²) in [6.07, 6.45) is 2.21. The highest BCUT2D eigenvalue weighted by Crippen LogP contribution is 2.16. The summed E-state index contributed by atoms with van der Waals surface area (Å²) in [7, 11) is 0. The van der Waals surface area contributed by atoms with Gasteiger partial charge in [-0.05, 0) is 31.0 Å². The lowest BCUT2D eigenvalue weighted by atomic mass is 10.1. The van der Waals surface area contributed by atoms with Crippen LogP contribution in [0.5, 0.6) is 5.75 Å². The number of hydrogen-bond acceptors (Lipinski definition) is 3. The molecule has 0 bridgehead atoms. The average Bonchev–Trinajstić information content (AvgIpc) is 2.50. The van der Waals surface area contributed by atoms with Gasteiger partial charge in [0.25, 0.3) is 0 Å². The van der Waals surface area contributed by atoms with E-state index in [2.05, 4.69) is 31.7 Å². The van der Waals surface area contributed by atoms with Gasteiger partial charge in [-0.1, -0.05) is 39.3 Å². The predicted molar refractivity (Wildman–Crippen MR) is 82.8 cm³/mol. The fourth-order valence-corrected chi connectivity index (χ4v) is 2.10. The Morgan fingerprint density at radius 3 is 2.70 bits per heavy atom. The van der Waals surface area contributed by atoms with Crippen molar-refractivity contribution in [2.75, 3.05) is 26.2 Å². The third-order valence-corrected chi connectivity index (χ3v) is 3.60. The topological polar surface area (TPSA) is 36.3 Å². The van der Waals surface area contributed by atoms with Crippen LogP contribution in [0.4, 0.5) is 0 Å². The molecule has 0 radical (unpaired) electrons.